The zero-order chi connectivity index (χ0) is 14.6. The molecule has 5 heteroatoms. The molecular weight excluding hydrogens is 272 g/mol. The molecular formula is C15H20N2O2S. The lowest BCUT2D eigenvalue weighted by Crippen LogP contribution is -2.42. The van der Waals surface area contributed by atoms with Gasteiger partial charge in [0.15, 0.2) is 0 Å². The fraction of sp³-hybridized carbons (Fsp3) is 0.533. The molecule has 0 amide bonds. The van der Waals surface area contributed by atoms with Gasteiger partial charge in [0.1, 0.15) is 0 Å². The number of benzene rings is 1. The lowest BCUT2D eigenvalue weighted by molar-refractivity contribution is 0.133. The third kappa shape index (κ3) is 3.59. The molecule has 1 aromatic carbocycles. The second kappa shape index (κ2) is 5.94. The number of nitriles is 1. The van der Waals surface area contributed by atoms with Crippen LogP contribution >= 0.6 is 0 Å². The van der Waals surface area contributed by atoms with E-state index in [0.717, 1.165) is 19.3 Å². The fourth-order valence-corrected chi connectivity index (χ4v) is 3.80. The molecule has 0 saturated heterocycles. The molecule has 0 heterocycles. The van der Waals surface area contributed by atoms with Gasteiger partial charge >= 0.3 is 0 Å². The first-order valence-electron chi connectivity index (χ1n) is 6.95. The molecule has 1 N–H and O–H groups in total. The lowest BCUT2D eigenvalue weighted by Gasteiger charge is -2.41. The van der Waals surface area contributed by atoms with Gasteiger partial charge in [-0.2, -0.15) is 5.26 Å². The number of nitrogens with zero attached hydrogens (tertiary/aromatic N) is 1. The van der Waals surface area contributed by atoms with Gasteiger partial charge in [0.2, 0.25) is 10.0 Å². The molecule has 1 saturated carbocycles. The number of nitrogens with one attached hydrogen (secondary N) is 1. The predicted molar refractivity (Wildman–Crippen MR) is 78.4 cm³/mol. The second-order valence-electron chi connectivity index (χ2n) is 5.60. The second-order valence-corrected chi connectivity index (χ2v) is 7.40. The van der Waals surface area contributed by atoms with Crippen molar-refractivity contribution >= 4 is 10.0 Å². The Bertz CT molecular complexity index is 590. The van der Waals surface area contributed by atoms with E-state index in [1.807, 2.05) is 6.07 Å². The van der Waals surface area contributed by atoms with E-state index >= 15 is 0 Å². The van der Waals surface area contributed by atoms with Crippen LogP contribution in [0.15, 0.2) is 24.3 Å². The molecule has 1 aliphatic carbocycles. The Balaban J connectivity index is 1.95. The highest BCUT2D eigenvalue weighted by atomic mass is 32.2. The molecule has 0 bridgehead atoms. The van der Waals surface area contributed by atoms with E-state index in [0.29, 0.717) is 17.7 Å². The topological polar surface area (TPSA) is 70.0 Å². The Morgan fingerprint density at radius 1 is 1.30 bits per heavy atom. The highest BCUT2D eigenvalue weighted by Crippen LogP contribution is 2.43. The van der Waals surface area contributed by atoms with Crippen molar-refractivity contribution in [2.45, 2.75) is 38.4 Å². The summed E-state index contributed by atoms with van der Waals surface area (Å²) in [6.45, 7) is 2.66. The van der Waals surface area contributed by atoms with Crippen molar-refractivity contribution in [3.8, 4) is 6.07 Å². The molecule has 4 nitrogen and oxygen atoms in total. The number of hydrogen-bond acceptors (Lipinski definition) is 3. The average Bonchev–Trinajstić information content (AvgIpc) is 2.38. The van der Waals surface area contributed by atoms with Gasteiger partial charge in [-0.1, -0.05) is 25.5 Å². The van der Waals surface area contributed by atoms with Crippen molar-refractivity contribution in [2.75, 3.05) is 6.54 Å². The van der Waals surface area contributed by atoms with Crippen molar-refractivity contribution in [1.82, 2.24) is 4.72 Å². The molecule has 0 atom stereocenters. The van der Waals surface area contributed by atoms with E-state index in [9.17, 15) is 8.42 Å². The van der Waals surface area contributed by atoms with Crippen LogP contribution in [0.2, 0.25) is 0 Å². The summed E-state index contributed by atoms with van der Waals surface area (Å²) in [4.78, 5) is 0. The zero-order valence-electron chi connectivity index (χ0n) is 11.7. The maximum atomic E-state index is 12.1. The largest absolute Gasteiger partial charge is 0.215 e. The first kappa shape index (κ1) is 15.0. The Morgan fingerprint density at radius 2 is 1.95 bits per heavy atom. The van der Waals surface area contributed by atoms with E-state index in [4.69, 9.17) is 5.26 Å². The summed E-state index contributed by atoms with van der Waals surface area (Å²) >= 11 is 0. The Kier molecular flexibility index (Phi) is 4.46. The molecule has 20 heavy (non-hydrogen) atoms. The van der Waals surface area contributed by atoms with Crippen LogP contribution in [0.3, 0.4) is 0 Å². The van der Waals surface area contributed by atoms with Gasteiger partial charge in [0, 0.05) is 6.54 Å². The molecule has 0 unspecified atom stereocenters. The van der Waals surface area contributed by atoms with E-state index in [2.05, 4.69) is 11.6 Å². The lowest BCUT2D eigenvalue weighted by atomic mass is 9.67. The zero-order valence-corrected chi connectivity index (χ0v) is 12.5. The molecule has 1 aromatic rings. The summed E-state index contributed by atoms with van der Waals surface area (Å²) in [6.07, 6.45) is 4.45. The van der Waals surface area contributed by atoms with Crippen LogP contribution in [0.1, 0.15) is 43.7 Å². The Hall–Kier alpha value is -1.38. The van der Waals surface area contributed by atoms with Crippen LogP contribution in [-0.2, 0) is 15.8 Å². The maximum Gasteiger partial charge on any atom is 0.215 e. The highest BCUT2D eigenvalue weighted by Gasteiger charge is 2.35. The first-order chi connectivity index (χ1) is 9.49. The van der Waals surface area contributed by atoms with Gasteiger partial charge in [-0.15, -0.1) is 0 Å². The molecule has 0 spiro atoms. The normalized spacial score (nSPS) is 17.2. The van der Waals surface area contributed by atoms with Gasteiger partial charge in [-0.3, -0.25) is 0 Å². The smallest absolute Gasteiger partial charge is 0.214 e. The van der Waals surface area contributed by atoms with Crippen LogP contribution in [0.4, 0.5) is 0 Å². The van der Waals surface area contributed by atoms with Crippen LogP contribution in [0.5, 0.6) is 0 Å². The van der Waals surface area contributed by atoms with Crippen LogP contribution in [-0.4, -0.2) is 15.0 Å². The van der Waals surface area contributed by atoms with E-state index < -0.39 is 10.0 Å². The molecule has 2 rings (SSSR count). The number of rotatable bonds is 6. The van der Waals surface area contributed by atoms with E-state index in [-0.39, 0.29) is 11.2 Å². The SMILES string of the molecule is CCC1(CNS(=O)(=O)Cc2ccc(C#N)cc2)CCC1. The van der Waals surface area contributed by atoms with Gasteiger partial charge in [0.25, 0.3) is 0 Å². The third-order valence-corrected chi connectivity index (χ3v) is 5.57. The van der Waals surface area contributed by atoms with E-state index in [1.165, 1.54) is 6.42 Å². The highest BCUT2D eigenvalue weighted by molar-refractivity contribution is 7.88. The minimum absolute atomic E-state index is 0.0293. The van der Waals surface area contributed by atoms with Crippen LogP contribution < -0.4 is 4.72 Å². The third-order valence-electron chi connectivity index (χ3n) is 4.27. The van der Waals surface area contributed by atoms with Gasteiger partial charge in [0.05, 0.1) is 17.4 Å². The van der Waals surface area contributed by atoms with Crippen molar-refractivity contribution in [1.29, 1.82) is 5.26 Å². The molecule has 0 aromatic heterocycles. The average molecular weight is 292 g/mol. The van der Waals surface area contributed by atoms with Crippen LogP contribution in [0.25, 0.3) is 0 Å². The van der Waals surface area contributed by atoms with Crippen LogP contribution in [0, 0.1) is 16.7 Å². The van der Waals surface area contributed by atoms with Crippen molar-refractivity contribution < 1.29 is 8.42 Å². The minimum Gasteiger partial charge on any atom is -0.214 e. The molecule has 1 aliphatic rings. The maximum absolute atomic E-state index is 12.1. The fourth-order valence-electron chi connectivity index (χ4n) is 2.54. The van der Waals surface area contributed by atoms with Gasteiger partial charge in [-0.05, 0) is 42.4 Å². The van der Waals surface area contributed by atoms with Crippen molar-refractivity contribution in [2.24, 2.45) is 5.41 Å². The van der Waals surface area contributed by atoms with Crippen molar-refractivity contribution in [3.63, 3.8) is 0 Å². The Labute approximate surface area is 120 Å². The summed E-state index contributed by atoms with van der Waals surface area (Å²) in [5.74, 6) is -0.0293. The predicted octanol–water partition coefficient (Wildman–Crippen LogP) is 2.56. The van der Waals surface area contributed by atoms with Crippen molar-refractivity contribution in [3.05, 3.63) is 35.4 Å². The molecule has 0 radical (unpaired) electrons. The summed E-state index contributed by atoms with van der Waals surface area (Å²) in [5.41, 5.74) is 1.42. The summed E-state index contributed by atoms with van der Waals surface area (Å²) in [7, 11) is -3.31. The summed E-state index contributed by atoms with van der Waals surface area (Å²) in [6, 6.07) is 8.69. The van der Waals surface area contributed by atoms with E-state index in [1.54, 1.807) is 24.3 Å². The monoisotopic (exact) mass is 292 g/mol. The Morgan fingerprint density at radius 3 is 2.40 bits per heavy atom. The van der Waals surface area contributed by atoms with Gasteiger partial charge < -0.3 is 0 Å². The molecule has 108 valence electrons. The standard InChI is InChI=1S/C15H20N2O2S/c1-2-15(8-3-9-15)12-17-20(18,19)11-14-6-4-13(10-16)5-7-14/h4-7,17H,2-3,8-9,11-12H2,1H3. The number of hydrogen-bond donors (Lipinski definition) is 1. The molecule has 0 aliphatic heterocycles. The summed E-state index contributed by atoms with van der Waals surface area (Å²) < 4.78 is 26.9. The summed E-state index contributed by atoms with van der Waals surface area (Å²) in [5, 5.41) is 8.71. The minimum atomic E-state index is -3.31. The molecule has 1 fully saturated rings. The van der Waals surface area contributed by atoms with Gasteiger partial charge in [-0.25, -0.2) is 13.1 Å². The first-order valence-corrected chi connectivity index (χ1v) is 8.60. The quantitative estimate of drug-likeness (QED) is 0.876. The number of sulfonamides is 1.